The van der Waals surface area contributed by atoms with Gasteiger partial charge in [-0.25, -0.2) is 0 Å². The molecule has 2 rings (SSSR count). The zero-order chi connectivity index (χ0) is 11.4. The minimum atomic E-state index is 0.308. The molecule has 1 saturated carbocycles. The molecule has 2 N–H and O–H groups in total. The molecule has 4 heteroatoms. The largest absolute Gasteiger partial charge is 0.356 e. The fourth-order valence-electron chi connectivity index (χ4n) is 2.75. The van der Waals surface area contributed by atoms with Crippen molar-refractivity contribution in [3.8, 4) is 0 Å². The number of amides is 1. The van der Waals surface area contributed by atoms with Crippen LogP contribution < -0.4 is 10.6 Å². The zero-order valence-electron chi connectivity index (χ0n) is 10.1. The van der Waals surface area contributed by atoms with Crippen molar-refractivity contribution in [3.05, 3.63) is 0 Å². The number of rotatable bonds is 5. The van der Waals surface area contributed by atoms with Crippen LogP contribution in [0.4, 0.5) is 0 Å². The molecule has 0 aromatic carbocycles. The van der Waals surface area contributed by atoms with Gasteiger partial charge in [-0.15, -0.1) is 0 Å². The van der Waals surface area contributed by atoms with E-state index in [1.54, 1.807) is 0 Å². The zero-order valence-corrected chi connectivity index (χ0v) is 10.9. The number of piperidine rings is 1. The second-order valence-electron chi connectivity index (χ2n) is 5.01. The van der Waals surface area contributed by atoms with Crippen molar-refractivity contribution < 1.29 is 4.79 Å². The van der Waals surface area contributed by atoms with E-state index in [2.05, 4.69) is 16.9 Å². The predicted octanol–water partition coefficient (Wildman–Crippen LogP) is 1.25. The normalized spacial score (nSPS) is 26.7. The number of nitrogens with one attached hydrogen (secondary N) is 2. The fourth-order valence-corrected chi connectivity index (χ4v) is 3.18. The van der Waals surface area contributed by atoms with Crippen LogP contribution in [0.25, 0.3) is 0 Å². The first kappa shape index (κ1) is 12.2. The van der Waals surface area contributed by atoms with E-state index in [9.17, 15) is 4.79 Å². The average molecular weight is 242 g/mol. The van der Waals surface area contributed by atoms with E-state index in [1.807, 2.05) is 11.8 Å². The van der Waals surface area contributed by atoms with Crippen molar-refractivity contribution in [2.24, 2.45) is 11.3 Å². The molecule has 92 valence electrons. The molecule has 1 amide bonds. The van der Waals surface area contributed by atoms with Gasteiger partial charge >= 0.3 is 0 Å². The van der Waals surface area contributed by atoms with E-state index in [0.717, 1.165) is 38.2 Å². The molecule has 1 saturated heterocycles. The van der Waals surface area contributed by atoms with Crippen LogP contribution in [0.5, 0.6) is 0 Å². The summed E-state index contributed by atoms with van der Waals surface area (Å²) in [7, 11) is 0. The van der Waals surface area contributed by atoms with E-state index in [4.69, 9.17) is 0 Å². The number of thioether (sulfide) groups is 1. The van der Waals surface area contributed by atoms with Crippen LogP contribution in [0, 0.1) is 11.3 Å². The lowest BCUT2D eigenvalue weighted by atomic mass is 9.92. The monoisotopic (exact) mass is 242 g/mol. The van der Waals surface area contributed by atoms with Crippen molar-refractivity contribution in [1.29, 1.82) is 0 Å². The highest BCUT2D eigenvalue weighted by molar-refractivity contribution is 7.98. The highest BCUT2D eigenvalue weighted by atomic mass is 32.2. The smallest absolute Gasteiger partial charge is 0.223 e. The summed E-state index contributed by atoms with van der Waals surface area (Å²) in [5.74, 6) is 1.77. The maximum atomic E-state index is 11.9. The Morgan fingerprint density at radius 3 is 2.94 bits per heavy atom. The van der Waals surface area contributed by atoms with Gasteiger partial charge in [0.15, 0.2) is 0 Å². The lowest BCUT2D eigenvalue weighted by molar-refractivity contribution is -0.123. The average Bonchev–Trinajstić information content (AvgIpc) is 2.99. The summed E-state index contributed by atoms with van der Waals surface area (Å²) in [6, 6.07) is 0. The van der Waals surface area contributed by atoms with Crippen LogP contribution in [0.1, 0.15) is 25.7 Å². The lowest BCUT2D eigenvalue weighted by Crippen LogP contribution is -2.34. The Hall–Kier alpha value is -0.220. The number of carbonyl (C=O) groups is 1. The van der Waals surface area contributed by atoms with Gasteiger partial charge in [0.1, 0.15) is 0 Å². The van der Waals surface area contributed by atoms with Crippen molar-refractivity contribution in [2.45, 2.75) is 25.7 Å². The molecule has 0 bridgehead atoms. The molecule has 2 aliphatic rings. The topological polar surface area (TPSA) is 41.1 Å². The second kappa shape index (κ2) is 5.41. The van der Waals surface area contributed by atoms with Gasteiger partial charge in [0, 0.05) is 12.5 Å². The van der Waals surface area contributed by atoms with E-state index in [1.165, 1.54) is 12.8 Å². The molecule has 2 fully saturated rings. The van der Waals surface area contributed by atoms with Crippen molar-refractivity contribution in [1.82, 2.24) is 10.6 Å². The first-order valence-corrected chi connectivity index (χ1v) is 7.65. The standard InChI is InChI=1S/C12H22N2OS/c1-16-8-2-5-14-11(15)10-9-12(10)3-6-13-7-4-12/h10,13H,2-9H2,1H3,(H,14,15). The molecule has 0 aromatic heterocycles. The molecule has 1 aliphatic carbocycles. The molecule has 0 aromatic rings. The van der Waals surface area contributed by atoms with Gasteiger partial charge in [-0.1, -0.05) is 0 Å². The Morgan fingerprint density at radius 2 is 2.25 bits per heavy atom. The Morgan fingerprint density at radius 1 is 1.50 bits per heavy atom. The summed E-state index contributed by atoms with van der Waals surface area (Å²) < 4.78 is 0. The Kier molecular flexibility index (Phi) is 4.14. The Bertz CT molecular complexity index is 251. The van der Waals surface area contributed by atoms with Gasteiger partial charge in [-0.3, -0.25) is 4.79 Å². The number of carbonyl (C=O) groups excluding carboxylic acids is 1. The summed E-state index contributed by atoms with van der Waals surface area (Å²) in [6.07, 6.45) is 6.70. The minimum absolute atomic E-state index is 0.308. The van der Waals surface area contributed by atoms with E-state index >= 15 is 0 Å². The summed E-state index contributed by atoms with van der Waals surface area (Å²) in [5.41, 5.74) is 0.384. The molecule has 16 heavy (non-hydrogen) atoms. The molecule has 3 nitrogen and oxygen atoms in total. The second-order valence-corrected chi connectivity index (χ2v) is 5.99. The number of hydrogen-bond donors (Lipinski definition) is 2. The first-order valence-electron chi connectivity index (χ1n) is 6.26. The maximum absolute atomic E-state index is 11.9. The summed E-state index contributed by atoms with van der Waals surface area (Å²) in [5, 5.41) is 6.44. The van der Waals surface area contributed by atoms with E-state index < -0.39 is 0 Å². The summed E-state index contributed by atoms with van der Waals surface area (Å²) in [4.78, 5) is 11.9. The molecule has 1 atom stereocenters. The van der Waals surface area contributed by atoms with Crippen LogP contribution in [0.15, 0.2) is 0 Å². The lowest BCUT2D eigenvalue weighted by Gasteiger charge is -2.23. The predicted molar refractivity (Wildman–Crippen MR) is 68.7 cm³/mol. The van der Waals surface area contributed by atoms with Gasteiger partial charge in [0.25, 0.3) is 0 Å². The van der Waals surface area contributed by atoms with Crippen LogP contribution in [-0.2, 0) is 4.79 Å². The van der Waals surface area contributed by atoms with Gasteiger partial charge in [-0.05, 0) is 56.2 Å². The highest BCUT2D eigenvalue weighted by Crippen LogP contribution is 2.58. The van der Waals surface area contributed by atoms with Gasteiger partial charge < -0.3 is 10.6 Å². The third-order valence-corrected chi connectivity index (χ3v) is 4.63. The van der Waals surface area contributed by atoms with Crippen LogP contribution in [0.3, 0.4) is 0 Å². The quantitative estimate of drug-likeness (QED) is 0.713. The minimum Gasteiger partial charge on any atom is -0.356 e. The molecule has 1 unspecified atom stereocenters. The first-order chi connectivity index (χ1) is 7.78. The highest BCUT2D eigenvalue weighted by Gasteiger charge is 2.57. The Balaban J connectivity index is 1.67. The summed E-state index contributed by atoms with van der Waals surface area (Å²) >= 11 is 1.84. The van der Waals surface area contributed by atoms with Crippen molar-refractivity contribution in [3.63, 3.8) is 0 Å². The third-order valence-electron chi connectivity index (χ3n) is 3.93. The fraction of sp³-hybridized carbons (Fsp3) is 0.917. The molecule has 1 spiro atoms. The van der Waals surface area contributed by atoms with Gasteiger partial charge in [0.05, 0.1) is 0 Å². The van der Waals surface area contributed by atoms with Crippen molar-refractivity contribution in [2.75, 3.05) is 31.6 Å². The van der Waals surface area contributed by atoms with Crippen molar-refractivity contribution >= 4 is 17.7 Å². The molecular weight excluding hydrogens is 220 g/mol. The summed E-state index contributed by atoms with van der Waals surface area (Å²) in [6.45, 7) is 3.04. The molecule has 0 radical (unpaired) electrons. The molecule has 1 heterocycles. The Labute approximate surface area is 102 Å². The number of hydrogen-bond acceptors (Lipinski definition) is 3. The van der Waals surface area contributed by atoms with Crippen LogP contribution in [-0.4, -0.2) is 37.6 Å². The SMILES string of the molecule is CSCCCNC(=O)C1CC12CCNCC2. The van der Waals surface area contributed by atoms with Crippen LogP contribution in [0.2, 0.25) is 0 Å². The maximum Gasteiger partial charge on any atom is 0.223 e. The molecular formula is C12H22N2OS. The van der Waals surface area contributed by atoms with E-state index in [-0.39, 0.29) is 0 Å². The third kappa shape index (κ3) is 2.72. The molecule has 1 aliphatic heterocycles. The van der Waals surface area contributed by atoms with E-state index in [0.29, 0.717) is 17.2 Å². The van der Waals surface area contributed by atoms with Crippen LogP contribution >= 0.6 is 11.8 Å². The van der Waals surface area contributed by atoms with Gasteiger partial charge in [-0.2, -0.15) is 11.8 Å². The van der Waals surface area contributed by atoms with Gasteiger partial charge in [0.2, 0.25) is 5.91 Å².